The minimum atomic E-state index is 0.528. The molecular formula is C57H93NO2. The summed E-state index contributed by atoms with van der Waals surface area (Å²) in [6.07, 6.45) is 58.2. The topological polar surface area (TPSA) is 21.7 Å². The maximum Gasteiger partial charge on any atom is 0.0625 e. The highest BCUT2D eigenvalue weighted by atomic mass is 16.5. The lowest BCUT2D eigenvalue weighted by Crippen LogP contribution is -2.56. The first kappa shape index (κ1) is 41.3. The van der Waals surface area contributed by atoms with Crippen molar-refractivity contribution in [3.05, 3.63) is 0 Å². The van der Waals surface area contributed by atoms with E-state index in [1.807, 2.05) is 0 Å². The third-order valence-corrected chi connectivity index (χ3v) is 23.3. The average Bonchev–Trinajstić information content (AvgIpc) is 4.01. The summed E-state index contributed by atoms with van der Waals surface area (Å²) in [4.78, 5) is 3.38. The smallest absolute Gasteiger partial charge is 0.0625 e. The van der Waals surface area contributed by atoms with Crippen LogP contribution in [0, 0.1) is 76.4 Å². The van der Waals surface area contributed by atoms with Gasteiger partial charge in [-0.05, 0) is 218 Å². The van der Waals surface area contributed by atoms with Crippen LogP contribution in [0.25, 0.3) is 0 Å². The lowest BCUT2D eigenvalue weighted by molar-refractivity contribution is -0.0910. The largest absolute Gasteiger partial charge is 0.374 e. The van der Waals surface area contributed by atoms with Gasteiger partial charge in [0.25, 0.3) is 0 Å². The third-order valence-electron chi connectivity index (χ3n) is 23.3. The Morgan fingerprint density at radius 1 is 0.300 bits per heavy atom. The number of hydrogen-bond acceptors (Lipinski definition) is 3. The van der Waals surface area contributed by atoms with Crippen LogP contribution >= 0.6 is 0 Å². The molecule has 0 N–H and O–H groups in total. The number of fused-ring (bicyclic) bond motifs is 7. The highest BCUT2D eigenvalue weighted by molar-refractivity contribution is 5.14. The summed E-state index contributed by atoms with van der Waals surface area (Å²) < 4.78 is 14.5. The minimum absolute atomic E-state index is 0.528. The van der Waals surface area contributed by atoms with Crippen molar-refractivity contribution in [2.24, 2.45) is 76.4 Å². The Labute approximate surface area is 369 Å². The van der Waals surface area contributed by atoms with Crippen molar-refractivity contribution < 1.29 is 9.47 Å². The number of ether oxygens (including phenoxy) is 2. The molecule has 0 radical (unpaired) electrons. The second-order valence-electron chi connectivity index (χ2n) is 25.4. The molecule has 60 heavy (non-hydrogen) atoms. The van der Waals surface area contributed by atoms with Gasteiger partial charge in [0.2, 0.25) is 0 Å². The molecule has 0 bridgehead atoms. The maximum atomic E-state index is 7.41. The Bertz CT molecular complexity index is 1360. The zero-order valence-corrected chi connectivity index (χ0v) is 38.9. The quantitative estimate of drug-likeness (QED) is 0.255. The molecule has 13 atom stereocenters. The van der Waals surface area contributed by atoms with Gasteiger partial charge in [-0.1, -0.05) is 96.3 Å². The van der Waals surface area contributed by atoms with E-state index in [1.165, 1.54) is 122 Å². The lowest BCUT2D eigenvalue weighted by atomic mass is 9.48. The fourth-order valence-electron chi connectivity index (χ4n) is 21.4. The fraction of sp³-hybridized carbons (Fsp3) is 1.00. The second kappa shape index (κ2) is 17.9. The maximum absolute atomic E-state index is 7.41. The first-order chi connectivity index (χ1) is 29.7. The summed E-state index contributed by atoms with van der Waals surface area (Å²) in [6, 6.07) is 2.47. The van der Waals surface area contributed by atoms with Gasteiger partial charge in [-0.25, -0.2) is 0 Å². The minimum Gasteiger partial charge on any atom is -0.374 e. The number of hydrogen-bond donors (Lipinski definition) is 0. The van der Waals surface area contributed by atoms with E-state index in [4.69, 9.17) is 9.47 Å². The average molecular weight is 824 g/mol. The molecule has 12 aliphatic rings. The molecule has 0 aromatic heterocycles. The van der Waals surface area contributed by atoms with Gasteiger partial charge >= 0.3 is 0 Å². The van der Waals surface area contributed by atoms with Gasteiger partial charge in [0, 0.05) is 18.1 Å². The highest BCUT2D eigenvalue weighted by Gasteiger charge is 2.65. The van der Waals surface area contributed by atoms with Gasteiger partial charge in [-0.2, -0.15) is 0 Å². The van der Waals surface area contributed by atoms with Gasteiger partial charge in [-0.15, -0.1) is 0 Å². The summed E-state index contributed by atoms with van der Waals surface area (Å²) in [5, 5.41) is 0. The predicted octanol–water partition coefficient (Wildman–Crippen LogP) is 14.9. The van der Waals surface area contributed by atoms with Gasteiger partial charge in [0.15, 0.2) is 0 Å². The summed E-state index contributed by atoms with van der Waals surface area (Å²) in [6.45, 7) is 0. The molecule has 13 unspecified atom stereocenters. The van der Waals surface area contributed by atoms with Crippen molar-refractivity contribution in [2.45, 2.75) is 280 Å². The van der Waals surface area contributed by atoms with Crippen molar-refractivity contribution in [1.29, 1.82) is 0 Å². The van der Waals surface area contributed by atoms with Crippen molar-refractivity contribution in [3.63, 3.8) is 0 Å². The molecule has 12 rings (SSSR count). The van der Waals surface area contributed by atoms with E-state index < -0.39 is 0 Å². The van der Waals surface area contributed by atoms with Crippen molar-refractivity contribution in [2.75, 3.05) is 0 Å². The van der Waals surface area contributed by atoms with Crippen molar-refractivity contribution in [3.8, 4) is 0 Å². The number of nitrogens with zero attached hydrogens (tertiary/aromatic N) is 1. The van der Waals surface area contributed by atoms with Gasteiger partial charge < -0.3 is 9.47 Å². The van der Waals surface area contributed by atoms with Crippen LogP contribution in [0.1, 0.15) is 238 Å². The van der Waals surface area contributed by atoms with Crippen LogP contribution in [0.4, 0.5) is 0 Å². The Balaban J connectivity index is 0.786. The molecule has 2 heterocycles. The van der Waals surface area contributed by atoms with E-state index in [0.29, 0.717) is 29.8 Å². The first-order valence-corrected chi connectivity index (χ1v) is 28.8. The Hall–Kier alpha value is -0.120. The predicted molar refractivity (Wildman–Crippen MR) is 246 cm³/mol. The lowest BCUT2D eigenvalue weighted by Gasteiger charge is -2.58. The van der Waals surface area contributed by atoms with E-state index in [0.717, 1.165) is 89.1 Å². The molecule has 3 heteroatoms. The molecule has 3 nitrogen and oxygen atoms in total. The molecule has 12 fully saturated rings. The van der Waals surface area contributed by atoms with Gasteiger partial charge in [0.05, 0.1) is 24.4 Å². The molecule has 2 aliphatic heterocycles. The third kappa shape index (κ3) is 7.33. The van der Waals surface area contributed by atoms with Crippen LogP contribution in [0.5, 0.6) is 0 Å². The van der Waals surface area contributed by atoms with Crippen molar-refractivity contribution in [1.82, 2.24) is 4.90 Å². The summed E-state index contributed by atoms with van der Waals surface area (Å²) >= 11 is 0. The number of rotatable bonds is 7. The SMILES string of the molecule is C1CCC(C2CCC(N(C3CCC(C4(C5CCCCC5)C5CCCCC5C5CCCCC54)CC3)C3CCC4C(C3)OC3CCCC(C5CC6CCCCC6O5)C34)CC2)CC1. The summed E-state index contributed by atoms with van der Waals surface area (Å²) in [5.41, 5.74) is 0.716. The second-order valence-corrected chi connectivity index (χ2v) is 25.4. The van der Waals surface area contributed by atoms with Crippen LogP contribution in [0.2, 0.25) is 0 Å². The molecule has 2 saturated heterocycles. The molecular weight excluding hydrogens is 731 g/mol. The standard InChI is InChI=1S/C57H93NO2/c1-3-14-38(15-4-1)39-26-30-43(31-27-39)58(45-34-35-49-55(37-45)60-53-25-13-21-48(56(49)53)54-36-40-16-7-12-24-52(40)59-54)44-32-28-42(29-33-44)57(41-17-5-2-6-18-41)50-22-10-8-19-46(50)47-20-9-11-23-51(47)57/h38-56H,1-37H2. The Morgan fingerprint density at radius 2 is 0.783 bits per heavy atom. The fourth-order valence-corrected chi connectivity index (χ4v) is 21.4. The zero-order chi connectivity index (χ0) is 39.6. The first-order valence-electron chi connectivity index (χ1n) is 28.8. The van der Waals surface area contributed by atoms with Crippen LogP contribution in [0.15, 0.2) is 0 Å². The van der Waals surface area contributed by atoms with E-state index in [1.54, 1.807) is 116 Å². The van der Waals surface area contributed by atoms with E-state index in [-0.39, 0.29) is 0 Å². The molecule has 10 saturated carbocycles. The molecule has 0 aromatic carbocycles. The monoisotopic (exact) mass is 824 g/mol. The molecule has 0 aromatic rings. The highest BCUT2D eigenvalue weighted by Crippen LogP contribution is 2.72. The Kier molecular flexibility index (Phi) is 12.3. The molecule has 10 aliphatic carbocycles. The van der Waals surface area contributed by atoms with Crippen LogP contribution < -0.4 is 0 Å². The van der Waals surface area contributed by atoms with E-state index >= 15 is 0 Å². The van der Waals surface area contributed by atoms with Gasteiger partial charge in [-0.3, -0.25) is 4.90 Å². The Morgan fingerprint density at radius 3 is 1.50 bits per heavy atom. The van der Waals surface area contributed by atoms with E-state index in [9.17, 15) is 0 Å². The van der Waals surface area contributed by atoms with Crippen LogP contribution in [-0.4, -0.2) is 47.4 Å². The molecule has 338 valence electrons. The summed E-state index contributed by atoms with van der Waals surface area (Å²) in [7, 11) is 0. The molecule has 0 amide bonds. The summed E-state index contributed by atoms with van der Waals surface area (Å²) in [5.74, 6) is 11.9. The van der Waals surface area contributed by atoms with Crippen molar-refractivity contribution >= 4 is 0 Å². The zero-order valence-electron chi connectivity index (χ0n) is 38.9. The normalized spacial score (nSPS) is 51.6. The van der Waals surface area contributed by atoms with Crippen LogP contribution in [-0.2, 0) is 9.47 Å². The van der Waals surface area contributed by atoms with Gasteiger partial charge in [0.1, 0.15) is 0 Å². The van der Waals surface area contributed by atoms with Crippen LogP contribution in [0.3, 0.4) is 0 Å². The molecule has 0 spiro atoms. The van der Waals surface area contributed by atoms with E-state index in [2.05, 4.69) is 4.90 Å².